The summed E-state index contributed by atoms with van der Waals surface area (Å²) in [5, 5.41) is 0. The number of anilines is 1. The number of rotatable bonds is 3. The molecule has 1 aliphatic rings. The Morgan fingerprint density at radius 2 is 1.54 bits per heavy atom. The maximum Gasteiger partial charge on any atom is 0.243 e. The molecule has 0 spiro atoms. The first kappa shape index (κ1) is 19.3. The van der Waals surface area contributed by atoms with Gasteiger partial charge in [0.25, 0.3) is 0 Å². The molecule has 1 aromatic carbocycles. The van der Waals surface area contributed by atoms with Gasteiger partial charge in [-0.2, -0.15) is 4.31 Å². The van der Waals surface area contributed by atoms with Crippen LogP contribution in [-0.4, -0.2) is 43.9 Å². The number of halogens is 1. The number of hydrogen-bond donors (Lipinski definition) is 0. The lowest BCUT2D eigenvalue weighted by Crippen LogP contribution is -2.49. The van der Waals surface area contributed by atoms with Crippen LogP contribution in [0.1, 0.15) is 22.3 Å². The van der Waals surface area contributed by atoms with Gasteiger partial charge in [0, 0.05) is 36.8 Å². The maximum absolute atomic E-state index is 13.3. The van der Waals surface area contributed by atoms with E-state index in [1.807, 2.05) is 39.8 Å². The largest absolute Gasteiger partial charge is 0.354 e. The van der Waals surface area contributed by atoms with Crippen molar-refractivity contribution in [1.82, 2.24) is 9.29 Å². The van der Waals surface area contributed by atoms with E-state index in [0.29, 0.717) is 31.1 Å². The van der Waals surface area contributed by atoms with E-state index in [4.69, 9.17) is 0 Å². The van der Waals surface area contributed by atoms with E-state index in [1.165, 1.54) is 0 Å². The van der Waals surface area contributed by atoms with Gasteiger partial charge in [-0.25, -0.2) is 13.4 Å². The van der Waals surface area contributed by atoms with Crippen LogP contribution in [0.5, 0.6) is 0 Å². The molecular formula is C19H24BrN3O2S. The fourth-order valence-corrected chi connectivity index (χ4v) is 5.64. The van der Waals surface area contributed by atoms with Crippen molar-refractivity contribution >= 4 is 31.8 Å². The maximum atomic E-state index is 13.3. The fourth-order valence-electron chi connectivity index (χ4n) is 3.41. The lowest BCUT2D eigenvalue weighted by Gasteiger charge is -2.35. The lowest BCUT2D eigenvalue weighted by molar-refractivity contribution is 0.383. The smallest absolute Gasteiger partial charge is 0.243 e. The summed E-state index contributed by atoms with van der Waals surface area (Å²) in [5.74, 6) is 0.879. The molecule has 140 valence electrons. The van der Waals surface area contributed by atoms with Crippen LogP contribution >= 0.6 is 15.9 Å². The number of aryl methyl sites for hydroxylation is 2. The SMILES string of the molecule is Cc1cc(C)c(C)c(S(=O)(=O)N2CCN(c3ccc(Br)cn3)CC2)c1C. The third kappa shape index (κ3) is 3.52. The molecule has 7 heteroatoms. The second kappa shape index (κ2) is 7.29. The Kier molecular flexibility index (Phi) is 5.42. The molecule has 1 aliphatic heterocycles. The second-order valence-corrected chi connectivity index (χ2v) is 9.61. The molecule has 0 saturated carbocycles. The summed E-state index contributed by atoms with van der Waals surface area (Å²) in [6, 6.07) is 5.96. The highest BCUT2D eigenvalue weighted by Crippen LogP contribution is 2.29. The van der Waals surface area contributed by atoms with Crippen molar-refractivity contribution < 1.29 is 8.42 Å². The van der Waals surface area contributed by atoms with Crippen molar-refractivity contribution in [2.45, 2.75) is 32.6 Å². The second-order valence-electron chi connectivity index (χ2n) is 6.82. The van der Waals surface area contributed by atoms with E-state index in [-0.39, 0.29) is 0 Å². The molecule has 0 aliphatic carbocycles. The molecule has 3 rings (SSSR count). The molecule has 1 fully saturated rings. The van der Waals surface area contributed by atoms with E-state index in [0.717, 1.165) is 32.5 Å². The van der Waals surface area contributed by atoms with Crippen molar-refractivity contribution in [3.63, 3.8) is 0 Å². The van der Waals surface area contributed by atoms with Crippen molar-refractivity contribution in [2.24, 2.45) is 0 Å². The van der Waals surface area contributed by atoms with Crippen molar-refractivity contribution in [2.75, 3.05) is 31.1 Å². The Balaban J connectivity index is 1.84. The predicted molar refractivity (Wildman–Crippen MR) is 108 cm³/mol. The Bertz CT molecular complexity index is 893. The first-order chi connectivity index (χ1) is 12.2. The number of piperazine rings is 1. The van der Waals surface area contributed by atoms with Crippen molar-refractivity contribution in [1.29, 1.82) is 0 Å². The topological polar surface area (TPSA) is 53.5 Å². The average molecular weight is 438 g/mol. The number of hydrogen-bond acceptors (Lipinski definition) is 4. The van der Waals surface area contributed by atoms with E-state index in [9.17, 15) is 8.42 Å². The number of aromatic nitrogens is 1. The van der Waals surface area contributed by atoms with Gasteiger partial charge in [0.2, 0.25) is 10.0 Å². The summed E-state index contributed by atoms with van der Waals surface area (Å²) >= 11 is 3.39. The molecule has 2 heterocycles. The summed E-state index contributed by atoms with van der Waals surface area (Å²) in [6.45, 7) is 9.94. The highest BCUT2D eigenvalue weighted by atomic mass is 79.9. The number of benzene rings is 1. The van der Waals surface area contributed by atoms with Crippen molar-refractivity contribution in [3.05, 3.63) is 51.1 Å². The number of pyridine rings is 1. The van der Waals surface area contributed by atoms with Crippen LogP contribution in [0.25, 0.3) is 0 Å². The van der Waals surface area contributed by atoms with Gasteiger partial charge >= 0.3 is 0 Å². The summed E-state index contributed by atoms with van der Waals surface area (Å²) in [6.07, 6.45) is 1.76. The normalized spacial score (nSPS) is 16.1. The quantitative estimate of drug-likeness (QED) is 0.735. The minimum Gasteiger partial charge on any atom is -0.354 e. The van der Waals surface area contributed by atoms with E-state index >= 15 is 0 Å². The average Bonchev–Trinajstić information content (AvgIpc) is 2.61. The lowest BCUT2D eigenvalue weighted by atomic mass is 10.0. The summed E-state index contributed by atoms with van der Waals surface area (Å²) < 4.78 is 29.2. The minimum absolute atomic E-state index is 0.464. The molecule has 0 radical (unpaired) electrons. The van der Waals surface area contributed by atoms with Crippen LogP contribution in [-0.2, 0) is 10.0 Å². The molecule has 0 amide bonds. The van der Waals surface area contributed by atoms with Crippen molar-refractivity contribution in [3.8, 4) is 0 Å². The monoisotopic (exact) mass is 437 g/mol. The zero-order valence-electron chi connectivity index (χ0n) is 15.6. The molecule has 5 nitrogen and oxygen atoms in total. The number of nitrogens with zero attached hydrogens (tertiary/aromatic N) is 3. The Morgan fingerprint density at radius 1 is 0.962 bits per heavy atom. The molecule has 2 aromatic rings. The van der Waals surface area contributed by atoms with Crippen LogP contribution in [0.4, 0.5) is 5.82 Å². The van der Waals surface area contributed by atoms with Crippen LogP contribution in [0.3, 0.4) is 0 Å². The first-order valence-electron chi connectivity index (χ1n) is 8.66. The van der Waals surface area contributed by atoms with E-state index in [2.05, 4.69) is 31.9 Å². The third-order valence-corrected chi connectivity index (χ3v) is 7.81. The molecule has 1 aromatic heterocycles. The van der Waals surface area contributed by atoms with Gasteiger partial charge in [-0.3, -0.25) is 0 Å². The third-order valence-electron chi connectivity index (χ3n) is 5.17. The van der Waals surface area contributed by atoms with Crippen LogP contribution in [0.2, 0.25) is 0 Å². The van der Waals surface area contributed by atoms with Gasteiger partial charge in [-0.15, -0.1) is 0 Å². The number of sulfonamides is 1. The molecule has 0 unspecified atom stereocenters. The van der Waals surface area contributed by atoms with Crippen LogP contribution < -0.4 is 4.90 Å². The fraction of sp³-hybridized carbons (Fsp3) is 0.421. The summed E-state index contributed by atoms with van der Waals surface area (Å²) in [4.78, 5) is 7.01. The van der Waals surface area contributed by atoms with Gasteiger partial charge in [0.05, 0.1) is 4.90 Å². The van der Waals surface area contributed by atoms with Gasteiger partial charge in [0.1, 0.15) is 5.82 Å². The Morgan fingerprint density at radius 3 is 2.04 bits per heavy atom. The molecule has 0 atom stereocenters. The van der Waals surface area contributed by atoms with Crippen LogP contribution in [0.15, 0.2) is 33.8 Å². The predicted octanol–water partition coefficient (Wildman–Crippen LogP) is 3.59. The van der Waals surface area contributed by atoms with E-state index < -0.39 is 10.0 Å². The van der Waals surface area contributed by atoms with Gasteiger partial charge in [-0.1, -0.05) is 6.07 Å². The molecule has 26 heavy (non-hydrogen) atoms. The molecule has 0 N–H and O–H groups in total. The zero-order chi connectivity index (χ0) is 19.1. The zero-order valence-corrected chi connectivity index (χ0v) is 18.0. The molecular weight excluding hydrogens is 414 g/mol. The molecule has 1 saturated heterocycles. The Labute approximate surface area is 164 Å². The highest BCUT2D eigenvalue weighted by molar-refractivity contribution is 9.10. The summed E-state index contributed by atoms with van der Waals surface area (Å²) in [5.41, 5.74) is 3.74. The van der Waals surface area contributed by atoms with Gasteiger partial charge in [0.15, 0.2) is 0 Å². The highest BCUT2D eigenvalue weighted by Gasteiger charge is 2.32. The Hall–Kier alpha value is -1.44. The van der Waals surface area contributed by atoms with E-state index in [1.54, 1.807) is 10.5 Å². The standard InChI is InChI=1S/C19H24BrN3O2S/c1-13-11-14(2)16(4)19(15(13)3)26(24,25)23-9-7-22(8-10-23)18-6-5-17(20)12-21-18/h5-6,11-12H,7-10H2,1-4H3. The summed E-state index contributed by atoms with van der Waals surface area (Å²) in [7, 11) is -3.50. The van der Waals surface area contributed by atoms with Crippen LogP contribution in [0, 0.1) is 27.7 Å². The minimum atomic E-state index is -3.50. The molecule has 0 bridgehead atoms. The first-order valence-corrected chi connectivity index (χ1v) is 10.9. The van der Waals surface area contributed by atoms with Gasteiger partial charge < -0.3 is 4.90 Å². The van der Waals surface area contributed by atoms with Gasteiger partial charge in [-0.05, 0) is 78.0 Å².